The van der Waals surface area contributed by atoms with E-state index in [0.717, 1.165) is 18.5 Å². The normalized spacial score (nSPS) is 19.1. The summed E-state index contributed by atoms with van der Waals surface area (Å²) in [6.45, 7) is 1.25. The number of carbonyl (C=O) groups is 1. The molecule has 4 rings (SSSR count). The van der Waals surface area contributed by atoms with Crippen molar-refractivity contribution >= 4 is 28.2 Å². The molecule has 0 radical (unpaired) electrons. The third-order valence-electron chi connectivity index (χ3n) is 4.39. The second kappa shape index (κ2) is 6.18. The number of esters is 1. The van der Waals surface area contributed by atoms with E-state index in [2.05, 4.69) is 52.2 Å². The van der Waals surface area contributed by atoms with Gasteiger partial charge in [-0.25, -0.2) is 0 Å². The number of carbonyl (C=O) groups excluding carboxylic acids is 1. The Balaban J connectivity index is 1.64. The number of hydrogen-bond donors (Lipinski definition) is 2. The van der Waals surface area contributed by atoms with E-state index in [-0.39, 0.29) is 17.9 Å². The van der Waals surface area contributed by atoms with E-state index in [1.807, 2.05) is 6.07 Å². The molecule has 3 heterocycles. The van der Waals surface area contributed by atoms with Gasteiger partial charge in [-0.15, -0.1) is 11.3 Å². The van der Waals surface area contributed by atoms with Crippen molar-refractivity contribution in [3.63, 3.8) is 0 Å². The molecule has 118 valence electrons. The summed E-state index contributed by atoms with van der Waals surface area (Å²) in [6.07, 6.45) is 2.84. The Morgan fingerprint density at radius 3 is 3.00 bits per heavy atom. The first-order valence-corrected chi connectivity index (χ1v) is 8.70. The SMILES string of the molecule is O=C1OCC[C@H]1NC[C@@H](c1cccs1)c1c[nH]c2ccccc12. The van der Waals surface area contributed by atoms with Crippen LogP contribution >= 0.6 is 11.3 Å². The summed E-state index contributed by atoms with van der Waals surface area (Å²) in [5, 5.41) is 6.73. The van der Waals surface area contributed by atoms with Crippen molar-refractivity contribution < 1.29 is 9.53 Å². The van der Waals surface area contributed by atoms with Crippen LogP contribution in [-0.2, 0) is 9.53 Å². The van der Waals surface area contributed by atoms with Gasteiger partial charge in [0.2, 0.25) is 0 Å². The van der Waals surface area contributed by atoms with Crippen molar-refractivity contribution in [2.75, 3.05) is 13.2 Å². The molecule has 0 spiro atoms. The third kappa shape index (κ3) is 2.78. The highest BCUT2D eigenvalue weighted by molar-refractivity contribution is 7.10. The molecule has 2 aromatic heterocycles. The Morgan fingerprint density at radius 2 is 2.22 bits per heavy atom. The fraction of sp³-hybridized carbons (Fsp3) is 0.278. The second-order valence-electron chi connectivity index (χ2n) is 5.77. The molecule has 1 aromatic carbocycles. The van der Waals surface area contributed by atoms with Gasteiger partial charge in [-0.1, -0.05) is 24.3 Å². The molecule has 2 N–H and O–H groups in total. The number of nitrogens with one attached hydrogen (secondary N) is 2. The fourth-order valence-corrected chi connectivity index (χ4v) is 4.02. The lowest BCUT2D eigenvalue weighted by molar-refractivity contribution is -0.139. The van der Waals surface area contributed by atoms with Crippen LogP contribution in [0.25, 0.3) is 10.9 Å². The van der Waals surface area contributed by atoms with Gasteiger partial charge in [-0.05, 0) is 23.1 Å². The monoisotopic (exact) mass is 326 g/mol. The van der Waals surface area contributed by atoms with Gasteiger partial charge in [0.25, 0.3) is 0 Å². The van der Waals surface area contributed by atoms with E-state index in [9.17, 15) is 4.79 Å². The molecule has 0 bridgehead atoms. The van der Waals surface area contributed by atoms with Crippen LogP contribution < -0.4 is 5.32 Å². The van der Waals surface area contributed by atoms with Crippen molar-refractivity contribution in [2.45, 2.75) is 18.4 Å². The number of aromatic nitrogens is 1. The first-order chi connectivity index (χ1) is 11.3. The number of fused-ring (bicyclic) bond motifs is 1. The molecule has 5 heteroatoms. The number of hydrogen-bond acceptors (Lipinski definition) is 4. The Bertz CT molecular complexity index is 809. The highest BCUT2D eigenvalue weighted by Crippen LogP contribution is 2.33. The number of ether oxygens (including phenoxy) is 1. The predicted octanol–water partition coefficient (Wildman–Crippen LogP) is 3.27. The Labute approximate surface area is 138 Å². The van der Waals surface area contributed by atoms with Crippen LogP contribution in [0.15, 0.2) is 48.0 Å². The van der Waals surface area contributed by atoms with Crippen LogP contribution in [0.1, 0.15) is 22.8 Å². The van der Waals surface area contributed by atoms with Gasteiger partial charge in [0, 0.05) is 40.9 Å². The first kappa shape index (κ1) is 14.5. The maximum atomic E-state index is 11.7. The van der Waals surface area contributed by atoms with E-state index >= 15 is 0 Å². The van der Waals surface area contributed by atoms with Crippen LogP contribution in [-0.4, -0.2) is 30.1 Å². The first-order valence-electron chi connectivity index (χ1n) is 7.82. The minimum absolute atomic E-state index is 0.131. The lowest BCUT2D eigenvalue weighted by atomic mass is 9.96. The number of para-hydroxylation sites is 1. The van der Waals surface area contributed by atoms with Crippen LogP contribution in [0.4, 0.5) is 0 Å². The number of H-pyrrole nitrogens is 1. The summed E-state index contributed by atoms with van der Waals surface area (Å²) in [5.74, 6) is 0.0911. The van der Waals surface area contributed by atoms with Crippen LogP contribution in [0.5, 0.6) is 0 Å². The van der Waals surface area contributed by atoms with E-state index in [1.54, 1.807) is 11.3 Å². The van der Waals surface area contributed by atoms with E-state index in [0.29, 0.717) is 6.61 Å². The molecule has 1 aliphatic rings. The highest BCUT2D eigenvalue weighted by Gasteiger charge is 2.28. The molecule has 1 fully saturated rings. The fourth-order valence-electron chi connectivity index (χ4n) is 3.18. The van der Waals surface area contributed by atoms with Gasteiger partial charge in [0.1, 0.15) is 6.04 Å². The summed E-state index contributed by atoms with van der Waals surface area (Å²) < 4.78 is 5.04. The standard InChI is InChI=1S/C18H18N2O2S/c21-18-16(7-8-22-18)20-11-14(17-6-3-9-23-17)13-10-19-15-5-2-1-4-12(13)15/h1-6,9-10,14,16,19-20H,7-8,11H2/t14-,16-/m1/s1. The summed E-state index contributed by atoms with van der Waals surface area (Å²) in [7, 11) is 0. The Morgan fingerprint density at radius 1 is 1.30 bits per heavy atom. The molecule has 0 saturated carbocycles. The second-order valence-corrected chi connectivity index (χ2v) is 6.75. The molecule has 0 amide bonds. The van der Waals surface area contributed by atoms with E-state index in [1.165, 1.54) is 15.8 Å². The Hall–Kier alpha value is -2.11. The van der Waals surface area contributed by atoms with Gasteiger partial charge in [-0.3, -0.25) is 4.79 Å². The van der Waals surface area contributed by atoms with Gasteiger partial charge in [0.15, 0.2) is 0 Å². The minimum Gasteiger partial charge on any atom is -0.464 e. The maximum Gasteiger partial charge on any atom is 0.323 e. The van der Waals surface area contributed by atoms with Crippen LogP contribution in [0.3, 0.4) is 0 Å². The molecular weight excluding hydrogens is 308 g/mol. The van der Waals surface area contributed by atoms with Crippen LogP contribution in [0.2, 0.25) is 0 Å². The molecule has 0 unspecified atom stereocenters. The van der Waals surface area contributed by atoms with E-state index in [4.69, 9.17) is 4.74 Å². The summed E-state index contributed by atoms with van der Waals surface area (Å²) in [5.41, 5.74) is 2.41. The quantitative estimate of drug-likeness (QED) is 0.708. The van der Waals surface area contributed by atoms with Gasteiger partial charge in [0.05, 0.1) is 6.61 Å². The van der Waals surface area contributed by atoms with E-state index < -0.39 is 0 Å². The van der Waals surface area contributed by atoms with Gasteiger partial charge < -0.3 is 15.0 Å². The zero-order valence-electron chi connectivity index (χ0n) is 12.6. The predicted molar refractivity (Wildman–Crippen MR) is 91.8 cm³/mol. The summed E-state index contributed by atoms with van der Waals surface area (Å²) in [6, 6.07) is 12.4. The molecule has 4 nitrogen and oxygen atoms in total. The van der Waals surface area contributed by atoms with Crippen molar-refractivity contribution in [3.8, 4) is 0 Å². The van der Waals surface area contributed by atoms with Crippen molar-refractivity contribution in [2.24, 2.45) is 0 Å². The number of benzene rings is 1. The van der Waals surface area contributed by atoms with Crippen LogP contribution in [0, 0.1) is 0 Å². The molecule has 2 atom stereocenters. The molecular formula is C18H18N2O2S. The van der Waals surface area contributed by atoms with Gasteiger partial charge >= 0.3 is 5.97 Å². The van der Waals surface area contributed by atoms with Crippen molar-refractivity contribution in [1.29, 1.82) is 0 Å². The number of cyclic esters (lactones) is 1. The average molecular weight is 326 g/mol. The maximum absolute atomic E-state index is 11.7. The summed E-state index contributed by atoms with van der Waals surface area (Å²) in [4.78, 5) is 16.3. The molecule has 23 heavy (non-hydrogen) atoms. The number of aromatic amines is 1. The smallest absolute Gasteiger partial charge is 0.323 e. The summed E-state index contributed by atoms with van der Waals surface area (Å²) >= 11 is 1.75. The minimum atomic E-state index is -0.178. The topological polar surface area (TPSA) is 54.1 Å². The molecule has 3 aromatic rings. The van der Waals surface area contributed by atoms with Crippen molar-refractivity contribution in [3.05, 3.63) is 58.4 Å². The molecule has 0 aliphatic carbocycles. The third-order valence-corrected chi connectivity index (χ3v) is 5.37. The lowest BCUT2D eigenvalue weighted by Gasteiger charge is -2.18. The zero-order chi connectivity index (χ0) is 15.6. The highest BCUT2D eigenvalue weighted by atomic mass is 32.1. The Kier molecular flexibility index (Phi) is 3.89. The number of thiophene rings is 1. The molecule has 1 saturated heterocycles. The number of rotatable bonds is 5. The van der Waals surface area contributed by atoms with Gasteiger partial charge in [-0.2, -0.15) is 0 Å². The lowest BCUT2D eigenvalue weighted by Crippen LogP contribution is -2.36. The van der Waals surface area contributed by atoms with Crippen molar-refractivity contribution in [1.82, 2.24) is 10.3 Å². The molecule has 1 aliphatic heterocycles. The zero-order valence-corrected chi connectivity index (χ0v) is 13.4. The average Bonchev–Trinajstić information content (AvgIpc) is 3.30. The largest absolute Gasteiger partial charge is 0.464 e.